The molecule has 1 aromatic carbocycles. The van der Waals surface area contributed by atoms with Gasteiger partial charge in [-0.05, 0) is 36.4 Å². The van der Waals surface area contributed by atoms with Crippen molar-refractivity contribution in [2.75, 3.05) is 26.3 Å². The Balaban J connectivity index is 1.39. The number of morpholine rings is 1. The quantitative estimate of drug-likeness (QED) is 0.526. The van der Waals surface area contributed by atoms with E-state index in [1.54, 1.807) is 24.3 Å². The van der Waals surface area contributed by atoms with Gasteiger partial charge in [-0.3, -0.25) is 0 Å². The van der Waals surface area contributed by atoms with Gasteiger partial charge in [0.2, 0.25) is 21.7 Å². The monoisotopic (exact) mass is 452 g/mol. The number of nitrogens with zero attached hydrogens (tertiary/aromatic N) is 4. The number of hydrogen-bond donors (Lipinski definition) is 0. The third-order valence-corrected chi connectivity index (χ3v) is 7.29. The first-order valence-corrected chi connectivity index (χ1v) is 11.6. The number of halogens is 1. The van der Waals surface area contributed by atoms with Gasteiger partial charge in [0.25, 0.3) is 0 Å². The molecule has 1 aliphatic rings. The summed E-state index contributed by atoms with van der Waals surface area (Å²) in [5.74, 6) is 1.35. The van der Waals surface area contributed by atoms with Gasteiger partial charge in [0, 0.05) is 29.9 Å². The van der Waals surface area contributed by atoms with Gasteiger partial charge in [-0.2, -0.15) is 9.29 Å². The SMILES string of the molecule is O=S(=O)(c1ccc(SCc2nc(-c3ccc(Cl)cc3)no2)nc1)N1CCOCC1. The molecule has 0 radical (unpaired) electrons. The summed E-state index contributed by atoms with van der Waals surface area (Å²) in [6.45, 7) is 1.52. The molecule has 3 heterocycles. The van der Waals surface area contributed by atoms with E-state index in [1.807, 2.05) is 12.1 Å². The van der Waals surface area contributed by atoms with Crippen molar-refractivity contribution in [2.45, 2.75) is 15.7 Å². The summed E-state index contributed by atoms with van der Waals surface area (Å²) < 4.78 is 37.1. The first kappa shape index (κ1) is 20.3. The summed E-state index contributed by atoms with van der Waals surface area (Å²) in [5, 5.41) is 5.27. The van der Waals surface area contributed by atoms with E-state index in [2.05, 4.69) is 15.1 Å². The molecule has 0 amide bonds. The second-order valence-corrected chi connectivity index (χ2v) is 9.53. The Hall–Kier alpha value is -1.98. The average molecular weight is 453 g/mol. The summed E-state index contributed by atoms with van der Waals surface area (Å²) >= 11 is 7.27. The number of pyridine rings is 1. The van der Waals surface area contributed by atoms with Crippen LogP contribution in [0.25, 0.3) is 11.4 Å². The van der Waals surface area contributed by atoms with E-state index < -0.39 is 10.0 Å². The third kappa shape index (κ3) is 4.78. The zero-order valence-corrected chi connectivity index (χ0v) is 17.6. The molecule has 3 aromatic rings. The topological polar surface area (TPSA) is 98.4 Å². The highest BCUT2D eigenvalue weighted by Crippen LogP contribution is 2.24. The van der Waals surface area contributed by atoms with Gasteiger partial charge in [-0.1, -0.05) is 28.5 Å². The van der Waals surface area contributed by atoms with E-state index in [9.17, 15) is 8.42 Å². The predicted molar refractivity (Wildman–Crippen MR) is 108 cm³/mol. The molecule has 1 fully saturated rings. The molecule has 0 N–H and O–H groups in total. The molecule has 0 aliphatic carbocycles. The van der Waals surface area contributed by atoms with Crippen molar-refractivity contribution in [1.29, 1.82) is 0 Å². The van der Waals surface area contributed by atoms with Gasteiger partial charge in [0.05, 0.1) is 24.0 Å². The minimum Gasteiger partial charge on any atom is -0.379 e. The van der Waals surface area contributed by atoms with E-state index in [-0.39, 0.29) is 4.90 Å². The molecule has 1 aliphatic heterocycles. The van der Waals surface area contributed by atoms with E-state index in [4.69, 9.17) is 20.9 Å². The van der Waals surface area contributed by atoms with Crippen molar-refractivity contribution in [3.63, 3.8) is 0 Å². The van der Waals surface area contributed by atoms with Crippen LogP contribution in [0, 0.1) is 0 Å². The minimum absolute atomic E-state index is 0.173. The maximum Gasteiger partial charge on any atom is 0.244 e. The van der Waals surface area contributed by atoms with Gasteiger partial charge in [0.1, 0.15) is 4.90 Å². The van der Waals surface area contributed by atoms with Crippen LogP contribution in [0.15, 0.2) is 57.0 Å². The standard InChI is InChI=1S/C18H17ClN4O4S2/c19-14-3-1-13(2-4-14)18-21-16(27-22-18)12-28-17-6-5-15(11-20-17)29(24,25)23-7-9-26-10-8-23/h1-6,11H,7-10,12H2. The van der Waals surface area contributed by atoms with Crippen molar-refractivity contribution in [3.8, 4) is 11.4 Å². The van der Waals surface area contributed by atoms with E-state index in [0.717, 1.165) is 5.56 Å². The number of sulfonamides is 1. The molecule has 0 saturated carbocycles. The number of benzene rings is 1. The van der Waals surface area contributed by atoms with Crippen LogP contribution in [0.4, 0.5) is 0 Å². The number of rotatable bonds is 6. The molecule has 0 atom stereocenters. The van der Waals surface area contributed by atoms with Crippen LogP contribution in [0.2, 0.25) is 5.02 Å². The summed E-state index contributed by atoms with van der Waals surface area (Å²) in [6.07, 6.45) is 1.38. The molecule has 1 saturated heterocycles. The van der Waals surface area contributed by atoms with Gasteiger partial charge < -0.3 is 9.26 Å². The number of hydrogen-bond acceptors (Lipinski definition) is 8. The van der Waals surface area contributed by atoms with Crippen LogP contribution in [0.3, 0.4) is 0 Å². The van der Waals surface area contributed by atoms with Crippen LogP contribution in [-0.2, 0) is 20.5 Å². The Kier molecular flexibility index (Phi) is 6.16. The molecular weight excluding hydrogens is 436 g/mol. The summed E-state index contributed by atoms with van der Waals surface area (Å²) in [7, 11) is -3.54. The van der Waals surface area contributed by atoms with E-state index in [0.29, 0.717) is 53.8 Å². The zero-order valence-electron chi connectivity index (χ0n) is 15.2. The first-order valence-electron chi connectivity index (χ1n) is 8.78. The first-order chi connectivity index (χ1) is 14.0. The van der Waals surface area contributed by atoms with Gasteiger partial charge in [-0.15, -0.1) is 0 Å². The van der Waals surface area contributed by atoms with Crippen molar-refractivity contribution < 1.29 is 17.7 Å². The minimum atomic E-state index is -3.54. The van der Waals surface area contributed by atoms with Crippen LogP contribution in [-0.4, -0.2) is 54.2 Å². The van der Waals surface area contributed by atoms with Gasteiger partial charge in [-0.25, -0.2) is 13.4 Å². The number of aromatic nitrogens is 3. The van der Waals surface area contributed by atoms with E-state index in [1.165, 1.54) is 22.3 Å². The smallest absolute Gasteiger partial charge is 0.244 e. The fourth-order valence-corrected chi connectivity index (χ4v) is 4.87. The Bertz CT molecular complexity index is 1070. The fourth-order valence-electron chi connectivity index (χ4n) is 2.71. The molecule has 8 nitrogen and oxygen atoms in total. The normalized spacial score (nSPS) is 15.5. The molecular formula is C18H17ClN4O4S2. The molecule has 0 unspecified atom stereocenters. The summed E-state index contributed by atoms with van der Waals surface area (Å²) in [4.78, 5) is 8.78. The lowest BCUT2D eigenvalue weighted by Gasteiger charge is -2.25. The lowest BCUT2D eigenvalue weighted by atomic mass is 10.2. The number of ether oxygens (including phenoxy) is 1. The molecule has 0 spiro atoms. The van der Waals surface area contributed by atoms with Gasteiger partial charge >= 0.3 is 0 Å². The Morgan fingerprint density at radius 1 is 1.10 bits per heavy atom. The highest BCUT2D eigenvalue weighted by molar-refractivity contribution is 7.98. The molecule has 11 heteroatoms. The van der Waals surface area contributed by atoms with Crippen LogP contribution in [0.1, 0.15) is 5.89 Å². The molecule has 29 heavy (non-hydrogen) atoms. The van der Waals surface area contributed by atoms with E-state index >= 15 is 0 Å². The van der Waals surface area contributed by atoms with Crippen molar-refractivity contribution in [1.82, 2.24) is 19.4 Å². The van der Waals surface area contributed by atoms with Crippen LogP contribution >= 0.6 is 23.4 Å². The van der Waals surface area contributed by atoms with Crippen molar-refractivity contribution in [2.24, 2.45) is 0 Å². The van der Waals surface area contributed by atoms with Gasteiger partial charge in [0.15, 0.2) is 0 Å². The second-order valence-electron chi connectivity index (χ2n) is 6.16. The highest BCUT2D eigenvalue weighted by atomic mass is 35.5. The maximum absolute atomic E-state index is 12.6. The fraction of sp³-hybridized carbons (Fsp3) is 0.278. The molecule has 0 bridgehead atoms. The Labute approximate surface area is 177 Å². The predicted octanol–water partition coefficient (Wildman–Crippen LogP) is 3.10. The molecule has 152 valence electrons. The lowest BCUT2D eigenvalue weighted by molar-refractivity contribution is 0.0730. The second kappa shape index (κ2) is 8.80. The van der Waals surface area contributed by atoms with Crippen LogP contribution < -0.4 is 0 Å². The maximum atomic E-state index is 12.6. The Morgan fingerprint density at radius 3 is 2.55 bits per heavy atom. The molecule has 4 rings (SSSR count). The number of thioether (sulfide) groups is 1. The highest BCUT2D eigenvalue weighted by Gasteiger charge is 2.26. The van der Waals surface area contributed by atoms with Crippen molar-refractivity contribution in [3.05, 3.63) is 53.5 Å². The van der Waals surface area contributed by atoms with Crippen LogP contribution in [0.5, 0.6) is 0 Å². The zero-order chi connectivity index (χ0) is 20.3. The summed E-state index contributed by atoms with van der Waals surface area (Å²) in [6, 6.07) is 10.4. The summed E-state index contributed by atoms with van der Waals surface area (Å²) in [5.41, 5.74) is 0.810. The van der Waals surface area contributed by atoms with Crippen molar-refractivity contribution >= 4 is 33.4 Å². The average Bonchev–Trinajstić information content (AvgIpc) is 3.23. The molecule has 2 aromatic heterocycles. The Morgan fingerprint density at radius 2 is 1.86 bits per heavy atom. The lowest BCUT2D eigenvalue weighted by Crippen LogP contribution is -2.40. The third-order valence-electron chi connectivity index (χ3n) is 4.23. The largest absolute Gasteiger partial charge is 0.379 e.